The molecule has 6 heteroatoms. The Morgan fingerprint density at radius 1 is 1.00 bits per heavy atom. The SMILES string of the molecule is Cc1cc(C)nc(Sc2ncc(I)cn2)n1. The Bertz CT molecular complexity index is 480. The van der Waals surface area contributed by atoms with Gasteiger partial charge in [-0.2, -0.15) is 0 Å². The van der Waals surface area contributed by atoms with Crippen LogP contribution in [0.4, 0.5) is 0 Å². The van der Waals surface area contributed by atoms with Gasteiger partial charge in [-0.05, 0) is 54.3 Å². The van der Waals surface area contributed by atoms with Gasteiger partial charge < -0.3 is 0 Å². The summed E-state index contributed by atoms with van der Waals surface area (Å²) in [5.41, 5.74) is 1.92. The number of hydrogen-bond acceptors (Lipinski definition) is 5. The summed E-state index contributed by atoms with van der Waals surface area (Å²) in [4.78, 5) is 17.0. The standard InChI is InChI=1S/C10H9IN4S/c1-6-3-7(2)15-10(14-6)16-9-12-4-8(11)5-13-9/h3-5H,1-2H3. The molecule has 0 spiro atoms. The van der Waals surface area contributed by atoms with Crippen LogP contribution in [-0.4, -0.2) is 19.9 Å². The second kappa shape index (κ2) is 5.05. The van der Waals surface area contributed by atoms with Gasteiger partial charge >= 0.3 is 0 Å². The maximum absolute atomic E-state index is 4.32. The van der Waals surface area contributed by atoms with Crippen LogP contribution in [-0.2, 0) is 0 Å². The van der Waals surface area contributed by atoms with Crippen molar-refractivity contribution in [1.29, 1.82) is 0 Å². The number of aryl methyl sites for hydroxylation is 2. The topological polar surface area (TPSA) is 51.6 Å². The highest BCUT2D eigenvalue weighted by Crippen LogP contribution is 2.21. The molecule has 0 aliphatic heterocycles. The Balaban J connectivity index is 2.23. The van der Waals surface area contributed by atoms with E-state index in [-0.39, 0.29) is 0 Å². The second-order valence-electron chi connectivity index (χ2n) is 3.22. The summed E-state index contributed by atoms with van der Waals surface area (Å²) in [6.45, 7) is 3.90. The van der Waals surface area contributed by atoms with Crippen molar-refractivity contribution >= 4 is 34.4 Å². The zero-order valence-electron chi connectivity index (χ0n) is 8.81. The average Bonchev–Trinajstić information content (AvgIpc) is 2.20. The van der Waals surface area contributed by atoms with E-state index in [1.54, 1.807) is 12.4 Å². The zero-order valence-corrected chi connectivity index (χ0v) is 11.8. The number of hydrogen-bond donors (Lipinski definition) is 0. The van der Waals surface area contributed by atoms with Crippen molar-refractivity contribution in [3.8, 4) is 0 Å². The third-order valence-corrected chi connectivity index (χ3v) is 3.06. The molecule has 2 aromatic heterocycles. The van der Waals surface area contributed by atoms with Crippen molar-refractivity contribution in [2.24, 2.45) is 0 Å². The van der Waals surface area contributed by atoms with Gasteiger partial charge in [0.15, 0.2) is 10.3 Å². The third kappa shape index (κ3) is 3.11. The first-order chi connectivity index (χ1) is 7.63. The molecule has 0 N–H and O–H groups in total. The Kier molecular flexibility index (Phi) is 3.70. The highest BCUT2D eigenvalue weighted by molar-refractivity contribution is 14.1. The summed E-state index contributed by atoms with van der Waals surface area (Å²) in [5.74, 6) is 0. The van der Waals surface area contributed by atoms with Crippen molar-refractivity contribution in [3.05, 3.63) is 33.4 Å². The first kappa shape index (κ1) is 11.7. The van der Waals surface area contributed by atoms with Crippen LogP contribution in [0.2, 0.25) is 0 Å². The van der Waals surface area contributed by atoms with E-state index >= 15 is 0 Å². The first-order valence-corrected chi connectivity index (χ1v) is 6.51. The molecule has 4 nitrogen and oxygen atoms in total. The third-order valence-electron chi connectivity index (χ3n) is 1.74. The normalized spacial score (nSPS) is 10.4. The quantitative estimate of drug-likeness (QED) is 0.619. The molecule has 2 heterocycles. The molecule has 0 bridgehead atoms. The molecule has 16 heavy (non-hydrogen) atoms. The molecule has 82 valence electrons. The maximum atomic E-state index is 4.32. The average molecular weight is 344 g/mol. The van der Waals surface area contributed by atoms with Crippen LogP contribution in [0.25, 0.3) is 0 Å². The van der Waals surface area contributed by atoms with Crippen LogP contribution in [0.5, 0.6) is 0 Å². The fourth-order valence-electron chi connectivity index (χ4n) is 1.17. The predicted molar refractivity (Wildman–Crippen MR) is 70.4 cm³/mol. The molecule has 0 aliphatic carbocycles. The maximum Gasteiger partial charge on any atom is 0.195 e. The predicted octanol–water partition coefficient (Wildman–Crippen LogP) is 2.64. The van der Waals surface area contributed by atoms with E-state index in [1.165, 1.54) is 11.8 Å². The van der Waals surface area contributed by atoms with Crippen molar-refractivity contribution < 1.29 is 0 Å². The Morgan fingerprint density at radius 3 is 2.12 bits per heavy atom. The Labute approximate surface area is 111 Å². The van der Waals surface area contributed by atoms with Crippen LogP contribution in [0, 0.1) is 17.4 Å². The summed E-state index contributed by atoms with van der Waals surface area (Å²) in [7, 11) is 0. The first-order valence-electron chi connectivity index (χ1n) is 4.61. The summed E-state index contributed by atoms with van der Waals surface area (Å²) >= 11 is 3.55. The van der Waals surface area contributed by atoms with Crippen molar-refractivity contribution in [3.63, 3.8) is 0 Å². The highest BCUT2D eigenvalue weighted by atomic mass is 127. The molecule has 0 atom stereocenters. The van der Waals surface area contributed by atoms with Gasteiger partial charge in [0.2, 0.25) is 0 Å². The van der Waals surface area contributed by atoms with Crippen LogP contribution >= 0.6 is 34.4 Å². The van der Waals surface area contributed by atoms with Crippen molar-refractivity contribution in [1.82, 2.24) is 19.9 Å². The van der Waals surface area contributed by atoms with Gasteiger partial charge in [-0.15, -0.1) is 0 Å². The zero-order chi connectivity index (χ0) is 11.5. The van der Waals surface area contributed by atoms with Crippen LogP contribution in [0.1, 0.15) is 11.4 Å². The van der Waals surface area contributed by atoms with Gasteiger partial charge in [0, 0.05) is 27.4 Å². The molecule has 2 rings (SSSR count). The van der Waals surface area contributed by atoms with Crippen LogP contribution < -0.4 is 0 Å². The lowest BCUT2D eigenvalue weighted by molar-refractivity contribution is 0.885. The minimum Gasteiger partial charge on any atom is -0.230 e. The lowest BCUT2D eigenvalue weighted by Gasteiger charge is -2.01. The molecule has 0 saturated heterocycles. The molecular weight excluding hydrogens is 335 g/mol. The van der Waals surface area contributed by atoms with Crippen molar-refractivity contribution in [2.45, 2.75) is 24.2 Å². The summed E-state index contributed by atoms with van der Waals surface area (Å²) < 4.78 is 1.02. The molecule has 0 unspecified atom stereocenters. The fourth-order valence-corrected chi connectivity index (χ4v) is 2.21. The summed E-state index contributed by atoms with van der Waals surface area (Å²) in [5, 5.41) is 1.36. The van der Waals surface area contributed by atoms with E-state index in [9.17, 15) is 0 Å². The van der Waals surface area contributed by atoms with Gasteiger partial charge in [-0.3, -0.25) is 0 Å². The molecule has 0 aromatic carbocycles. The Morgan fingerprint density at radius 2 is 1.56 bits per heavy atom. The van der Waals surface area contributed by atoms with Gasteiger partial charge in [-0.25, -0.2) is 19.9 Å². The molecule has 2 aromatic rings. The monoisotopic (exact) mass is 344 g/mol. The minimum absolute atomic E-state index is 0.672. The molecule has 0 aliphatic rings. The molecule has 0 fully saturated rings. The smallest absolute Gasteiger partial charge is 0.195 e. The van der Waals surface area contributed by atoms with E-state index in [2.05, 4.69) is 42.5 Å². The fraction of sp³-hybridized carbons (Fsp3) is 0.200. The largest absolute Gasteiger partial charge is 0.230 e. The van der Waals surface area contributed by atoms with E-state index < -0.39 is 0 Å². The van der Waals surface area contributed by atoms with Crippen LogP contribution in [0.3, 0.4) is 0 Å². The number of rotatable bonds is 2. The van der Waals surface area contributed by atoms with E-state index in [1.807, 2.05) is 19.9 Å². The van der Waals surface area contributed by atoms with E-state index in [0.29, 0.717) is 10.3 Å². The number of aromatic nitrogens is 4. The molecule has 0 saturated carbocycles. The van der Waals surface area contributed by atoms with E-state index in [0.717, 1.165) is 15.0 Å². The highest BCUT2D eigenvalue weighted by Gasteiger charge is 2.04. The molecule has 0 radical (unpaired) electrons. The summed E-state index contributed by atoms with van der Waals surface area (Å²) in [6, 6.07) is 1.94. The number of nitrogens with zero attached hydrogens (tertiary/aromatic N) is 4. The van der Waals surface area contributed by atoms with Crippen molar-refractivity contribution in [2.75, 3.05) is 0 Å². The lowest BCUT2D eigenvalue weighted by atomic mass is 10.4. The van der Waals surface area contributed by atoms with Gasteiger partial charge in [0.05, 0.1) is 0 Å². The second-order valence-corrected chi connectivity index (χ2v) is 5.40. The molecular formula is C10H9IN4S. The Hall–Kier alpha value is -0.760. The lowest BCUT2D eigenvalue weighted by Crippen LogP contribution is -1.94. The van der Waals surface area contributed by atoms with E-state index in [4.69, 9.17) is 0 Å². The summed E-state index contributed by atoms with van der Waals surface area (Å²) in [6.07, 6.45) is 3.55. The van der Waals surface area contributed by atoms with Gasteiger partial charge in [-0.1, -0.05) is 0 Å². The minimum atomic E-state index is 0.672. The number of halogens is 1. The van der Waals surface area contributed by atoms with Crippen LogP contribution in [0.15, 0.2) is 28.8 Å². The van der Waals surface area contributed by atoms with Gasteiger partial charge in [0.1, 0.15) is 0 Å². The van der Waals surface area contributed by atoms with Gasteiger partial charge in [0.25, 0.3) is 0 Å². The molecule has 0 amide bonds.